The van der Waals surface area contributed by atoms with Crippen molar-refractivity contribution in [2.24, 2.45) is 0 Å². The van der Waals surface area contributed by atoms with Gasteiger partial charge in [-0.1, -0.05) is 12.5 Å². The maximum absolute atomic E-state index is 12.1. The molecular formula is C14H18N4OS. The van der Waals surface area contributed by atoms with E-state index in [1.54, 1.807) is 0 Å². The smallest absolute Gasteiger partial charge is 0.243 e. The monoisotopic (exact) mass is 290 g/mol. The van der Waals surface area contributed by atoms with E-state index in [0.717, 1.165) is 43.6 Å². The van der Waals surface area contributed by atoms with Gasteiger partial charge in [0.1, 0.15) is 0 Å². The second kappa shape index (κ2) is 6.19. The number of rotatable bonds is 3. The van der Waals surface area contributed by atoms with E-state index in [-0.39, 0.29) is 11.9 Å². The summed E-state index contributed by atoms with van der Waals surface area (Å²) in [5.74, 6) is 0.0282. The average Bonchev–Trinajstić information content (AvgIpc) is 2.97. The van der Waals surface area contributed by atoms with E-state index < -0.39 is 0 Å². The zero-order valence-corrected chi connectivity index (χ0v) is 12.0. The van der Waals surface area contributed by atoms with Crippen molar-refractivity contribution < 1.29 is 4.79 Å². The Hall–Kier alpha value is -1.66. The first-order valence-corrected chi connectivity index (χ1v) is 7.81. The Morgan fingerprint density at radius 3 is 3.15 bits per heavy atom. The summed E-state index contributed by atoms with van der Waals surface area (Å²) in [4.78, 5) is 16.6. The van der Waals surface area contributed by atoms with Crippen LogP contribution in [0.2, 0.25) is 0 Å². The van der Waals surface area contributed by atoms with Gasteiger partial charge in [0.15, 0.2) is 5.13 Å². The lowest BCUT2D eigenvalue weighted by molar-refractivity contribution is -0.118. The van der Waals surface area contributed by atoms with Crippen LogP contribution in [0, 0.1) is 0 Å². The van der Waals surface area contributed by atoms with Crippen LogP contribution in [0.1, 0.15) is 25.0 Å². The number of allylic oxidation sites excluding steroid dienone is 2. The van der Waals surface area contributed by atoms with Crippen LogP contribution in [0.25, 0.3) is 5.57 Å². The van der Waals surface area contributed by atoms with Crippen molar-refractivity contribution in [2.45, 2.75) is 25.3 Å². The molecule has 0 aliphatic carbocycles. The van der Waals surface area contributed by atoms with E-state index in [4.69, 9.17) is 0 Å². The molecule has 5 nitrogen and oxygen atoms in total. The summed E-state index contributed by atoms with van der Waals surface area (Å²) in [7, 11) is 0. The number of piperidine rings is 1. The molecule has 0 aromatic carbocycles. The Bertz CT molecular complexity index is 543. The number of hydrogen-bond acceptors (Lipinski definition) is 5. The third-order valence-electron chi connectivity index (χ3n) is 3.48. The van der Waals surface area contributed by atoms with Crippen LogP contribution in [-0.2, 0) is 4.79 Å². The third kappa shape index (κ3) is 3.08. The van der Waals surface area contributed by atoms with Gasteiger partial charge >= 0.3 is 0 Å². The van der Waals surface area contributed by atoms with Crippen molar-refractivity contribution >= 4 is 27.9 Å². The number of amides is 1. The molecule has 0 bridgehead atoms. The highest BCUT2D eigenvalue weighted by Crippen LogP contribution is 2.23. The SMILES string of the molecule is O=C(Nc1nc(C2=CCNC=C2)cs1)C1CCCCN1. The highest BCUT2D eigenvalue weighted by Gasteiger charge is 2.21. The van der Waals surface area contributed by atoms with Gasteiger partial charge < -0.3 is 16.0 Å². The molecule has 6 heteroatoms. The molecule has 1 amide bonds. The number of dihydropyridines is 1. The molecule has 3 heterocycles. The first-order valence-electron chi connectivity index (χ1n) is 6.93. The van der Waals surface area contributed by atoms with Gasteiger partial charge in [-0.2, -0.15) is 0 Å². The minimum absolute atomic E-state index is 0.0282. The van der Waals surface area contributed by atoms with Crippen LogP contribution >= 0.6 is 11.3 Å². The molecular weight excluding hydrogens is 272 g/mol. The van der Waals surface area contributed by atoms with Crippen molar-refractivity contribution in [2.75, 3.05) is 18.4 Å². The Kier molecular flexibility index (Phi) is 4.13. The maximum atomic E-state index is 12.1. The van der Waals surface area contributed by atoms with E-state index >= 15 is 0 Å². The summed E-state index contributed by atoms with van der Waals surface area (Å²) >= 11 is 1.47. The number of thiazole rings is 1. The summed E-state index contributed by atoms with van der Waals surface area (Å²) in [5.41, 5.74) is 2.01. The predicted octanol–water partition coefficient (Wildman–Crippen LogP) is 1.72. The molecule has 1 atom stereocenters. The summed E-state index contributed by atoms with van der Waals surface area (Å²) in [6.07, 6.45) is 9.16. The molecule has 1 unspecified atom stereocenters. The van der Waals surface area contributed by atoms with Crippen LogP contribution in [0.4, 0.5) is 5.13 Å². The van der Waals surface area contributed by atoms with Gasteiger partial charge in [-0.3, -0.25) is 4.79 Å². The van der Waals surface area contributed by atoms with E-state index in [1.165, 1.54) is 11.3 Å². The van der Waals surface area contributed by atoms with Crippen molar-refractivity contribution in [1.82, 2.24) is 15.6 Å². The van der Waals surface area contributed by atoms with Gasteiger partial charge in [0.2, 0.25) is 5.91 Å². The fourth-order valence-corrected chi connectivity index (χ4v) is 3.10. The van der Waals surface area contributed by atoms with Gasteiger partial charge in [0.05, 0.1) is 11.7 Å². The normalized spacial score (nSPS) is 22.0. The lowest BCUT2D eigenvalue weighted by Crippen LogP contribution is -2.43. The molecule has 106 valence electrons. The number of nitrogens with zero attached hydrogens (tertiary/aromatic N) is 1. The molecule has 20 heavy (non-hydrogen) atoms. The fraction of sp³-hybridized carbons (Fsp3) is 0.429. The van der Waals surface area contributed by atoms with E-state index in [0.29, 0.717) is 5.13 Å². The molecule has 2 aliphatic rings. The first-order chi connectivity index (χ1) is 9.83. The second-order valence-electron chi connectivity index (χ2n) is 4.93. The topological polar surface area (TPSA) is 66.0 Å². The molecule has 0 saturated carbocycles. The summed E-state index contributed by atoms with van der Waals surface area (Å²) in [6, 6.07) is -0.0749. The molecule has 1 aromatic rings. The van der Waals surface area contributed by atoms with Crippen LogP contribution in [-0.4, -0.2) is 30.0 Å². The van der Waals surface area contributed by atoms with Gasteiger partial charge in [-0.05, 0) is 31.7 Å². The summed E-state index contributed by atoms with van der Waals surface area (Å²) in [5, 5.41) is 11.9. The number of nitrogens with one attached hydrogen (secondary N) is 3. The fourth-order valence-electron chi connectivity index (χ4n) is 2.38. The summed E-state index contributed by atoms with van der Waals surface area (Å²) in [6.45, 7) is 1.74. The van der Waals surface area contributed by atoms with E-state index in [1.807, 2.05) is 17.7 Å². The number of carbonyl (C=O) groups is 1. The minimum Gasteiger partial charge on any atom is -0.387 e. The van der Waals surface area contributed by atoms with E-state index in [9.17, 15) is 4.79 Å². The van der Waals surface area contributed by atoms with Crippen LogP contribution in [0.15, 0.2) is 23.7 Å². The predicted molar refractivity (Wildman–Crippen MR) is 81.5 cm³/mol. The molecule has 1 fully saturated rings. The van der Waals surface area contributed by atoms with Crippen LogP contribution in [0.3, 0.4) is 0 Å². The molecule has 1 aromatic heterocycles. The molecule has 2 aliphatic heterocycles. The molecule has 3 N–H and O–H groups in total. The standard InChI is InChI=1S/C14H18N4OS/c19-13(11-3-1-2-6-16-11)18-14-17-12(9-20-14)10-4-7-15-8-5-10/h4-5,7,9,11,15-16H,1-3,6,8H2,(H,17,18,19). The van der Waals surface area contributed by atoms with Gasteiger partial charge in [0, 0.05) is 17.5 Å². The number of anilines is 1. The first kappa shape index (κ1) is 13.3. The lowest BCUT2D eigenvalue weighted by Gasteiger charge is -2.21. The lowest BCUT2D eigenvalue weighted by atomic mass is 10.0. The van der Waals surface area contributed by atoms with Crippen LogP contribution < -0.4 is 16.0 Å². The van der Waals surface area contributed by atoms with Crippen molar-refractivity contribution in [3.63, 3.8) is 0 Å². The average molecular weight is 290 g/mol. The quantitative estimate of drug-likeness (QED) is 0.793. The third-order valence-corrected chi connectivity index (χ3v) is 4.24. The largest absolute Gasteiger partial charge is 0.387 e. The molecule has 0 spiro atoms. The summed E-state index contributed by atoms with van der Waals surface area (Å²) < 4.78 is 0. The maximum Gasteiger partial charge on any atom is 0.243 e. The zero-order chi connectivity index (χ0) is 13.8. The Morgan fingerprint density at radius 2 is 2.40 bits per heavy atom. The Labute approximate surface area is 122 Å². The Balaban J connectivity index is 1.63. The number of carbonyl (C=O) groups excluding carboxylic acids is 1. The number of aromatic nitrogens is 1. The molecule has 3 rings (SSSR count). The van der Waals surface area contributed by atoms with Crippen molar-refractivity contribution in [3.05, 3.63) is 29.4 Å². The van der Waals surface area contributed by atoms with Crippen molar-refractivity contribution in [3.8, 4) is 0 Å². The van der Waals surface area contributed by atoms with Gasteiger partial charge in [-0.15, -0.1) is 11.3 Å². The molecule has 1 saturated heterocycles. The number of hydrogen-bond donors (Lipinski definition) is 3. The highest BCUT2D eigenvalue weighted by atomic mass is 32.1. The van der Waals surface area contributed by atoms with E-state index in [2.05, 4.69) is 27.0 Å². The molecule has 0 radical (unpaired) electrons. The highest BCUT2D eigenvalue weighted by molar-refractivity contribution is 7.14. The zero-order valence-electron chi connectivity index (χ0n) is 11.2. The Morgan fingerprint density at radius 1 is 1.45 bits per heavy atom. The second-order valence-corrected chi connectivity index (χ2v) is 5.79. The minimum atomic E-state index is -0.0749. The van der Waals surface area contributed by atoms with Crippen molar-refractivity contribution in [1.29, 1.82) is 0 Å². The van der Waals surface area contributed by atoms with Crippen LogP contribution in [0.5, 0.6) is 0 Å². The van der Waals surface area contributed by atoms with Gasteiger partial charge in [-0.25, -0.2) is 4.98 Å². The van der Waals surface area contributed by atoms with Gasteiger partial charge in [0.25, 0.3) is 0 Å².